The average Bonchev–Trinajstić information content (AvgIpc) is 3.25. The van der Waals surface area contributed by atoms with Crippen molar-refractivity contribution >= 4 is 37.1 Å². The van der Waals surface area contributed by atoms with Gasteiger partial charge < -0.3 is 19.9 Å². The lowest BCUT2D eigenvalue weighted by Crippen LogP contribution is -2.43. The third-order valence-electron chi connectivity index (χ3n) is 7.10. The molecule has 0 unspecified atom stereocenters. The maximum atomic E-state index is 9.19. The molecular weight excluding hydrogens is 594 g/mol. The van der Waals surface area contributed by atoms with Crippen LogP contribution in [0.3, 0.4) is 0 Å². The fraction of sp³-hybridized carbons (Fsp3) is 0.379. The minimum Gasteiger partial charge on any atom is -0.489 e. The van der Waals surface area contributed by atoms with Gasteiger partial charge in [-0.05, 0) is 61.5 Å². The Bertz CT molecular complexity index is 1690. The molecule has 0 bridgehead atoms. The van der Waals surface area contributed by atoms with Gasteiger partial charge in [-0.15, -0.1) is 0 Å². The molecular formula is C29H37N5O7S2. The molecule has 4 aromatic rings. The Labute approximate surface area is 252 Å². The Kier molecular flexibility index (Phi) is 10.4. The number of nitrogens with zero attached hydrogens (tertiary/aromatic N) is 4. The number of fused-ring (bicyclic) bond motifs is 1. The summed E-state index contributed by atoms with van der Waals surface area (Å²) in [5, 5.41) is 0.934. The summed E-state index contributed by atoms with van der Waals surface area (Å²) in [6.45, 7) is 4.31. The minimum absolute atomic E-state index is 0.472. The van der Waals surface area contributed by atoms with Gasteiger partial charge in [0.1, 0.15) is 30.1 Å². The highest BCUT2D eigenvalue weighted by Gasteiger charge is 2.34. The van der Waals surface area contributed by atoms with Crippen LogP contribution in [0.2, 0.25) is 0 Å². The second-order valence-electron chi connectivity index (χ2n) is 10.8. The average molecular weight is 632 g/mol. The molecule has 0 atom stereocenters. The molecule has 2 aromatic heterocycles. The van der Waals surface area contributed by atoms with E-state index in [-0.39, 0.29) is 0 Å². The number of aromatic nitrogens is 3. The molecule has 43 heavy (non-hydrogen) atoms. The first-order valence-electron chi connectivity index (χ1n) is 13.7. The molecule has 3 heterocycles. The van der Waals surface area contributed by atoms with E-state index in [1.807, 2.05) is 30.3 Å². The number of benzene rings is 2. The van der Waals surface area contributed by atoms with Crippen molar-refractivity contribution in [2.24, 2.45) is 5.92 Å². The molecule has 1 saturated heterocycles. The first-order valence-corrected chi connectivity index (χ1v) is 17.4. The Morgan fingerprint density at radius 1 is 0.953 bits per heavy atom. The zero-order chi connectivity index (χ0) is 31.2. The number of anilines is 1. The predicted octanol–water partition coefficient (Wildman–Crippen LogP) is 3.92. The van der Waals surface area contributed by atoms with Crippen LogP contribution in [0.25, 0.3) is 22.2 Å². The van der Waals surface area contributed by atoms with Gasteiger partial charge in [-0.3, -0.25) is 9.11 Å². The molecule has 0 spiro atoms. The Morgan fingerprint density at radius 2 is 1.60 bits per heavy atom. The maximum absolute atomic E-state index is 9.19. The summed E-state index contributed by atoms with van der Waals surface area (Å²) in [5.41, 5.74) is 10.6. The number of nitrogens with two attached hydrogens (primary N) is 1. The van der Waals surface area contributed by atoms with Gasteiger partial charge in [0.15, 0.2) is 0 Å². The summed E-state index contributed by atoms with van der Waals surface area (Å²) in [6.07, 6.45) is 8.98. The molecule has 2 fully saturated rings. The second-order valence-corrected chi connectivity index (χ2v) is 13.8. The van der Waals surface area contributed by atoms with Crippen LogP contribution in [0.4, 0.5) is 5.82 Å². The predicted molar refractivity (Wildman–Crippen MR) is 166 cm³/mol. The highest BCUT2D eigenvalue weighted by atomic mass is 32.2. The molecule has 2 aromatic carbocycles. The zero-order valence-electron chi connectivity index (χ0n) is 24.1. The van der Waals surface area contributed by atoms with Crippen LogP contribution in [-0.2, 0) is 26.8 Å². The van der Waals surface area contributed by atoms with Crippen LogP contribution < -0.4 is 10.5 Å². The molecule has 6 rings (SSSR count). The lowest BCUT2D eigenvalue weighted by Gasteiger charge is -2.42. The van der Waals surface area contributed by atoms with Crippen LogP contribution in [-0.4, -0.2) is 77.5 Å². The van der Waals surface area contributed by atoms with Crippen molar-refractivity contribution < 1.29 is 30.7 Å². The molecule has 2 aliphatic rings. The van der Waals surface area contributed by atoms with Crippen molar-refractivity contribution in [3.8, 4) is 16.9 Å². The molecule has 0 amide bonds. The standard InChI is InChI=1S/C27H29N5O.2CH4O3S/c28-26-25-24(21-8-4-9-23(14-21)33-17-19-6-2-1-3-7-19)16-32(27(25)30-18-29-26)22-12-20(13-22)15-31-10-5-11-31;2*1-5(2,3)4/h1-4,6-9,14,16,18,20,22H,5,10-13,15,17H2,(H2,28,29,30);2*1H3,(H,2,3,4). The van der Waals surface area contributed by atoms with Crippen LogP contribution in [0, 0.1) is 5.92 Å². The number of hydrogen-bond donors (Lipinski definition) is 3. The van der Waals surface area contributed by atoms with Gasteiger partial charge in [-0.1, -0.05) is 42.5 Å². The van der Waals surface area contributed by atoms with E-state index in [4.69, 9.17) is 19.6 Å². The molecule has 12 nitrogen and oxygen atoms in total. The van der Waals surface area contributed by atoms with Gasteiger partial charge in [-0.25, -0.2) is 9.97 Å². The summed E-state index contributed by atoms with van der Waals surface area (Å²) in [5.74, 6) is 2.15. The van der Waals surface area contributed by atoms with Gasteiger partial charge in [0, 0.05) is 24.3 Å². The van der Waals surface area contributed by atoms with Gasteiger partial charge in [0.2, 0.25) is 0 Å². The molecule has 232 valence electrons. The minimum atomic E-state index is -3.67. The van der Waals surface area contributed by atoms with Crippen molar-refractivity contribution in [3.63, 3.8) is 0 Å². The van der Waals surface area contributed by atoms with Gasteiger partial charge in [0.05, 0.1) is 17.9 Å². The first-order chi connectivity index (χ1) is 20.2. The number of hydrogen-bond acceptors (Lipinski definition) is 9. The van der Waals surface area contributed by atoms with E-state index in [0.717, 1.165) is 39.4 Å². The van der Waals surface area contributed by atoms with Crippen molar-refractivity contribution in [1.29, 1.82) is 0 Å². The van der Waals surface area contributed by atoms with Crippen molar-refractivity contribution in [3.05, 3.63) is 72.7 Å². The van der Waals surface area contributed by atoms with Gasteiger partial charge >= 0.3 is 0 Å². The fourth-order valence-electron chi connectivity index (χ4n) is 5.11. The Hall–Kier alpha value is -3.56. The van der Waals surface area contributed by atoms with Crippen molar-refractivity contribution in [1.82, 2.24) is 19.4 Å². The monoisotopic (exact) mass is 631 g/mol. The molecule has 1 aliphatic heterocycles. The summed E-state index contributed by atoms with van der Waals surface area (Å²) < 4.78 is 60.1. The highest BCUT2D eigenvalue weighted by Crippen LogP contribution is 2.43. The number of rotatable bonds is 7. The molecule has 0 radical (unpaired) electrons. The van der Waals surface area contributed by atoms with E-state index < -0.39 is 20.2 Å². The quantitative estimate of drug-likeness (QED) is 0.252. The summed E-state index contributed by atoms with van der Waals surface area (Å²) in [6, 6.07) is 18.9. The van der Waals surface area contributed by atoms with Crippen LogP contribution in [0.15, 0.2) is 67.1 Å². The largest absolute Gasteiger partial charge is 0.489 e. The SMILES string of the molecule is CS(=O)(=O)O.CS(=O)(=O)O.Nc1ncnc2c1c(-c1cccc(OCc3ccccc3)c1)cn2C1CC(CN2CCC2)C1. The zero-order valence-corrected chi connectivity index (χ0v) is 25.7. The van der Waals surface area contributed by atoms with Crippen LogP contribution in [0.1, 0.15) is 30.9 Å². The van der Waals surface area contributed by atoms with Gasteiger partial charge in [-0.2, -0.15) is 16.8 Å². The number of nitrogen functional groups attached to an aromatic ring is 1. The van der Waals surface area contributed by atoms with E-state index >= 15 is 0 Å². The molecule has 1 aliphatic carbocycles. The lowest BCUT2D eigenvalue weighted by molar-refractivity contribution is 0.0921. The topological polar surface area (TPSA) is 178 Å². The molecule has 14 heteroatoms. The van der Waals surface area contributed by atoms with Crippen LogP contribution >= 0.6 is 0 Å². The van der Waals surface area contributed by atoms with Crippen molar-refractivity contribution in [2.75, 3.05) is 37.9 Å². The van der Waals surface area contributed by atoms with E-state index in [2.05, 4.69) is 49.9 Å². The van der Waals surface area contributed by atoms with Crippen LogP contribution in [0.5, 0.6) is 5.75 Å². The summed E-state index contributed by atoms with van der Waals surface area (Å²) in [7, 11) is -7.33. The van der Waals surface area contributed by atoms with E-state index in [1.165, 1.54) is 38.9 Å². The number of likely N-dealkylation sites (tertiary alicyclic amines) is 1. The van der Waals surface area contributed by atoms with E-state index in [9.17, 15) is 16.8 Å². The lowest BCUT2D eigenvalue weighted by atomic mass is 9.79. The first kappa shape index (κ1) is 32.4. The van der Waals surface area contributed by atoms with Crippen molar-refractivity contribution in [2.45, 2.75) is 31.9 Å². The smallest absolute Gasteiger partial charge is 0.261 e. The van der Waals surface area contributed by atoms with Gasteiger partial charge in [0.25, 0.3) is 20.2 Å². The molecule has 1 saturated carbocycles. The number of ether oxygens (including phenoxy) is 1. The maximum Gasteiger partial charge on any atom is 0.261 e. The third-order valence-corrected chi connectivity index (χ3v) is 7.10. The van der Waals surface area contributed by atoms with E-state index in [1.54, 1.807) is 6.33 Å². The second kappa shape index (κ2) is 13.8. The molecule has 4 N–H and O–H groups in total. The summed E-state index contributed by atoms with van der Waals surface area (Å²) >= 11 is 0. The Morgan fingerprint density at radius 3 is 2.21 bits per heavy atom. The highest BCUT2D eigenvalue weighted by molar-refractivity contribution is 7.85. The Balaban J connectivity index is 0.000000369. The summed E-state index contributed by atoms with van der Waals surface area (Å²) in [4.78, 5) is 11.5. The van der Waals surface area contributed by atoms with E-state index in [0.29, 0.717) is 31.0 Å². The third kappa shape index (κ3) is 10.0. The fourth-order valence-corrected chi connectivity index (χ4v) is 5.11. The normalized spacial score (nSPS) is 18.3.